The van der Waals surface area contributed by atoms with Crippen LogP contribution in [-0.4, -0.2) is 55.2 Å². The number of hydrogen-bond acceptors (Lipinski definition) is 5. The second kappa shape index (κ2) is 10.4. The summed E-state index contributed by atoms with van der Waals surface area (Å²) in [6.45, 7) is 3.45. The molecule has 4 rings (SSSR count). The third kappa shape index (κ3) is 5.55. The van der Waals surface area contributed by atoms with Crippen molar-refractivity contribution in [3.05, 3.63) is 76.2 Å². The lowest BCUT2D eigenvalue weighted by molar-refractivity contribution is 0.0392. The topological polar surface area (TPSA) is 83.7 Å². The van der Waals surface area contributed by atoms with E-state index in [2.05, 4.69) is 22.2 Å². The molecule has 1 fully saturated rings. The van der Waals surface area contributed by atoms with Gasteiger partial charge >= 0.3 is 0 Å². The van der Waals surface area contributed by atoms with Crippen molar-refractivity contribution in [2.24, 2.45) is 0 Å². The molecule has 32 heavy (non-hydrogen) atoms. The average Bonchev–Trinajstić information content (AvgIpc) is 2.83. The fourth-order valence-electron chi connectivity index (χ4n) is 3.97. The molecule has 2 aromatic carbocycles. The predicted molar refractivity (Wildman–Crippen MR) is 124 cm³/mol. The third-order valence-electron chi connectivity index (χ3n) is 5.88. The van der Waals surface area contributed by atoms with Gasteiger partial charge in [0.1, 0.15) is 18.1 Å². The number of aromatic amines is 1. The predicted octanol–water partition coefficient (Wildman–Crippen LogP) is 2.95. The molecule has 1 amide bonds. The first-order valence-corrected chi connectivity index (χ1v) is 11.0. The summed E-state index contributed by atoms with van der Waals surface area (Å²) in [5.41, 5.74) is 0.906. The largest absolute Gasteiger partial charge is 0.492 e. The van der Waals surface area contributed by atoms with Crippen LogP contribution in [-0.2, 0) is 11.3 Å². The molecule has 0 spiro atoms. The summed E-state index contributed by atoms with van der Waals surface area (Å²) in [5.74, 6) is 0.452. The van der Waals surface area contributed by atoms with Crippen LogP contribution >= 0.6 is 0 Å². The van der Waals surface area contributed by atoms with Gasteiger partial charge < -0.3 is 19.8 Å². The van der Waals surface area contributed by atoms with E-state index in [1.54, 1.807) is 18.2 Å². The number of amides is 1. The lowest BCUT2D eigenvalue weighted by Gasteiger charge is -2.31. The van der Waals surface area contributed by atoms with Crippen LogP contribution < -0.4 is 15.6 Å². The molecule has 2 N–H and O–H groups in total. The molecule has 1 saturated heterocycles. The van der Waals surface area contributed by atoms with Gasteiger partial charge in [0.2, 0.25) is 0 Å². The molecule has 7 nitrogen and oxygen atoms in total. The van der Waals surface area contributed by atoms with Gasteiger partial charge in [0, 0.05) is 37.7 Å². The van der Waals surface area contributed by atoms with Crippen LogP contribution in [0.4, 0.5) is 0 Å². The Labute approximate surface area is 187 Å². The van der Waals surface area contributed by atoms with Crippen LogP contribution in [0.2, 0.25) is 0 Å². The highest BCUT2D eigenvalue weighted by atomic mass is 16.5. The SMILES string of the molecule is CN(CCOc1cccc(CNC(=O)c2cc3ccccc3c(=O)[nH]2)c1)C1CCOCC1. The molecule has 7 heteroatoms. The smallest absolute Gasteiger partial charge is 0.268 e. The number of nitrogens with one attached hydrogen (secondary N) is 2. The molecule has 168 valence electrons. The summed E-state index contributed by atoms with van der Waals surface area (Å²) in [7, 11) is 2.13. The zero-order valence-corrected chi connectivity index (χ0v) is 18.3. The van der Waals surface area contributed by atoms with Gasteiger partial charge in [0.15, 0.2) is 0 Å². The van der Waals surface area contributed by atoms with Crippen LogP contribution in [0.5, 0.6) is 5.75 Å². The Morgan fingerprint density at radius 1 is 1.16 bits per heavy atom. The first-order chi connectivity index (χ1) is 15.6. The zero-order valence-electron chi connectivity index (χ0n) is 18.3. The highest BCUT2D eigenvalue weighted by molar-refractivity contribution is 5.96. The maximum Gasteiger partial charge on any atom is 0.268 e. The van der Waals surface area contributed by atoms with E-state index in [1.807, 2.05) is 36.4 Å². The number of hydrogen-bond donors (Lipinski definition) is 2. The van der Waals surface area contributed by atoms with Crippen molar-refractivity contribution in [3.8, 4) is 5.75 Å². The quantitative estimate of drug-likeness (QED) is 0.568. The highest BCUT2D eigenvalue weighted by Crippen LogP contribution is 2.16. The number of benzene rings is 2. The number of pyridine rings is 1. The summed E-state index contributed by atoms with van der Waals surface area (Å²) in [6, 6.07) is 17.1. The van der Waals surface area contributed by atoms with Crippen molar-refractivity contribution in [1.29, 1.82) is 0 Å². The van der Waals surface area contributed by atoms with Crippen LogP contribution in [0.1, 0.15) is 28.9 Å². The second-order valence-corrected chi connectivity index (χ2v) is 8.10. The van der Waals surface area contributed by atoms with Crippen molar-refractivity contribution >= 4 is 16.7 Å². The van der Waals surface area contributed by atoms with E-state index in [4.69, 9.17) is 9.47 Å². The molecule has 1 aliphatic rings. The zero-order chi connectivity index (χ0) is 22.3. The van der Waals surface area contributed by atoms with Gasteiger partial charge in [0.25, 0.3) is 11.5 Å². The number of fused-ring (bicyclic) bond motifs is 1. The molecule has 0 aliphatic carbocycles. The van der Waals surface area contributed by atoms with Crippen molar-refractivity contribution in [3.63, 3.8) is 0 Å². The van der Waals surface area contributed by atoms with Crippen LogP contribution in [0.3, 0.4) is 0 Å². The first-order valence-electron chi connectivity index (χ1n) is 11.0. The molecule has 1 aliphatic heterocycles. The number of aromatic nitrogens is 1. The molecule has 0 atom stereocenters. The minimum atomic E-state index is -0.322. The maximum absolute atomic E-state index is 12.6. The van der Waals surface area contributed by atoms with Crippen molar-refractivity contribution in [1.82, 2.24) is 15.2 Å². The van der Waals surface area contributed by atoms with Crippen LogP contribution in [0.25, 0.3) is 10.8 Å². The van der Waals surface area contributed by atoms with Crippen molar-refractivity contribution < 1.29 is 14.3 Å². The standard InChI is InChI=1S/C25H29N3O4/c1-28(20-9-12-31-13-10-20)11-14-32-21-7-4-5-18(15-21)17-26-25(30)23-16-19-6-2-3-8-22(19)24(29)27-23/h2-8,15-16,20H,9-14,17H2,1H3,(H,26,30)(H,27,29). The molecule has 0 radical (unpaired) electrons. The third-order valence-corrected chi connectivity index (χ3v) is 5.88. The Hall–Kier alpha value is -3.16. The van der Waals surface area contributed by atoms with E-state index in [-0.39, 0.29) is 17.2 Å². The lowest BCUT2D eigenvalue weighted by atomic mass is 10.1. The Morgan fingerprint density at radius 3 is 2.81 bits per heavy atom. The second-order valence-electron chi connectivity index (χ2n) is 8.10. The fourth-order valence-corrected chi connectivity index (χ4v) is 3.97. The highest BCUT2D eigenvalue weighted by Gasteiger charge is 2.18. The van der Waals surface area contributed by atoms with E-state index in [0.717, 1.165) is 49.3 Å². The average molecular weight is 436 g/mol. The molecule has 0 unspecified atom stereocenters. The Bertz CT molecular complexity index is 1120. The minimum Gasteiger partial charge on any atom is -0.492 e. The molecule has 2 heterocycles. The Kier molecular flexibility index (Phi) is 7.19. The van der Waals surface area contributed by atoms with E-state index in [0.29, 0.717) is 24.6 Å². The van der Waals surface area contributed by atoms with E-state index in [1.165, 1.54) is 0 Å². The van der Waals surface area contributed by atoms with Gasteiger partial charge in [-0.15, -0.1) is 0 Å². The summed E-state index contributed by atoms with van der Waals surface area (Å²) in [4.78, 5) is 29.8. The Morgan fingerprint density at radius 2 is 1.97 bits per heavy atom. The number of likely N-dealkylation sites (N-methyl/N-ethyl adjacent to an activating group) is 1. The monoisotopic (exact) mass is 435 g/mol. The van der Waals surface area contributed by atoms with Crippen LogP contribution in [0, 0.1) is 0 Å². The summed E-state index contributed by atoms with van der Waals surface area (Å²) in [5, 5.41) is 4.17. The summed E-state index contributed by atoms with van der Waals surface area (Å²) in [6.07, 6.45) is 2.13. The number of ether oxygens (including phenoxy) is 2. The van der Waals surface area contributed by atoms with Crippen LogP contribution in [0.15, 0.2) is 59.4 Å². The molecular weight excluding hydrogens is 406 g/mol. The molecular formula is C25H29N3O4. The number of carbonyl (C=O) groups excluding carboxylic acids is 1. The van der Waals surface area contributed by atoms with E-state index < -0.39 is 0 Å². The van der Waals surface area contributed by atoms with Crippen molar-refractivity contribution in [2.75, 3.05) is 33.4 Å². The number of rotatable bonds is 8. The molecule has 1 aromatic heterocycles. The van der Waals surface area contributed by atoms with E-state index in [9.17, 15) is 9.59 Å². The van der Waals surface area contributed by atoms with E-state index >= 15 is 0 Å². The van der Waals surface area contributed by atoms with Gasteiger partial charge in [-0.05, 0) is 55.1 Å². The fraction of sp³-hybridized carbons (Fsp3) is 0.360. The Balaban J connectivity index is 1.30. The molecule has 0 bridgehead atoms. The van der Waals surface area contributed by atoms with Gasteiger partial charge in [-0.1, -0.05) is 30.3 Å². The number of carbonyl (C=O) groups is 1. The summed E-state index contributed by atoms with van der Waals surface area (Å²) >= 11 is 0. The molecule has 3 aromatic rings. The van der Waals surface area contributed by atoms with Gasteiger partial charge in [-0.25, -0.2) is 0 Å². The molecule has 0 saturated carbocycles. The van der Waals surface area contributed by atoms with Crippen molar-refractivity contribution in [2.45, 2.75) is 25.4 Å². The van der Waals surface area contributed by atoms with Gasteiger partial charge in [-0.3, -0.25) is 14.5 Å². The van der Waals surface area contributed by atoms with Gasteiger partial charge in [-0.2, -0.15) is 0 Å². The first kappa shape index (κ1) is 22.0. The minimum absolute atomic E-state index is 0.247. The maximum atomic E-state index is 12.6. The van der Waals surface area contributed by atoms with Gasteiger partial charge in [0.05, 0.1) is 0 Å². The number of H-pyrrole nitrogens is 1. The lowest BCUT2D eigenvalue weighted by Crippen LogP contribution is -2.38. The normalized spacial score (nSPS) is 14.6. The summed E-state index contributed by atoms with van der Waals surface area (Å²) < 4.78 is 11.4. The number of nitrogens with zero attached hydrogens (tertiary/aromatic N) is 1.